The van der Waals surface area contributed by atoms with E-state index in [9.17, 15) is 0 Å². The molecular weight excluding hydrogens is 258 g/mol. The molecule has 1 aliphatic rings. The summed E-state index contributed by atoms with van der Waals surface area (Å²) in [5.74, 6) is 0. The third kappa shape index (κ3) is 2.53. The van der Waals surface area contributed by atoms with Crippen molar-refractivity contribution in [3.8, 4) is 11.1 Å². The largest absolute Gasteiger partial charge is 0.309 e. The van der Waals surface area contributed by atoms with Crippen molar-refractivity contribution in [1.29, 1.82) is 0 Å². The molecule has 3 nitrogen and oxygen atoms in total. The molecule has 1 aromatic heterocycles. The van der Waals surface area contributed by atoms with Gasteiger partial charge in [0.15, 0.2) is 0 Å². The Kier molecular flexibility index (Phi) is 3.58. The number of halogens is 1. The van der Waals surface area contributed by atoms with Gasteiger partial charge in [0.05, 0.1) is 11.9 Å². The topological polar surface area (TPSA) is 29.9 Å². The standard InChI is InChI=1S/C15H18ClN3/c1-19-15(14-4-2-3-9-17-14)13(10-18-19)11-5-7-12(16)8-6-11/h5-8,10,14,17H,2-4,9H2,1H3. The molecule has 1 aromatic carbocycles. The third-order valence-electron chi connectivity index (χ3n) is 3.78. The maximum atomic E-state index is 5.96. The van der Waals surface area contributed by atoms with E-state index in [0.717, 1.165) is 11.6 Å². The number of aromatic nitrogens is 2. The van der Waals surface area contributed by atoms with Gasteiger partial charge in [0.1, 0.15) is 0 Å². The minimum Gasteiger partial charge on any atom is -0.309 e. The summed E-state index contributed by atoms with van der Waals surface area (Å²) in [5, 5.41) is 8.80. The molecule has 1 fully saturated rings. The Bertz CT molecular complexity index is 553. The van der Waals surface area contributed by atoms with Crippen LogP contribution in [0.4, 0.5) is 0 Å². The first-order chi connectivity index (χ1) is 9.25. The molecule has 1 saturated heterocycles. The molecule has 1 atom stereocenters. The number of nitrogens with zero attached hydrogens (tertiary/aromatic N) is 2. The first kappa shape index (κ1) is 12.7. The number of nitrogens with one attached hydrogen (secondary N) is 1. The molecule has 2 aromatic rings. The summed E-state index contributed by atoms with van der Waals surface area (Å²) in [6, 6.07) is 8.40. The van der Waals surface area contributed by atoms with E-state index < -0.39 is 0 Å². The predicted octanol–water partition coefficient (Wildman–Crippen LogP) is 3.56. The van der Waals surface area contributed by atoms with Gasteiger partial charge in [0, 0.05) is 23.7 Å². The Hall–Kier alpha value is -1.32. The monoisotopic (exact) mass is 275 g/mol. The van der Waals surface area contributed by atoms with Crippen LogP contribution in [0.2, 0.25) is 5.02 Å². The summed E-state index contributed by atoms with van der Waals surface area (Å²) in [6.07, 6.45) is 5.68. The molecule has 1 unspecified atom stereocenters. The van der Waals surface area contributed by atoms with Gasteiger partial charge in [-0.25, -0.2) is 0 Å². The van der Waals surface area contributed by atoms with Crippen LogP contribution >= 0.6 is 11.6 Å². The van der Waals surface area contributed by atoms with Crippen molar-refractivity contribution >= 4 is 11.6 Å². The quantitative estimate of drug-likeness (QED) is 0.908. The lowest BCUT2D eigenvalue weighted by molar-refractivity contribution is 0.394. The number of hydrogen-bond donors (Lipinski definition) is 1. The molecule has 19 heavy (non-hydrogen) atoms. The highest BCUT2D eigenvalue weighted by molar-refractivity contribution is 6.30. The van der Waals surface area contributed by atoms with Crippen LogP contribution in [0.1, 0.15) is 31.0 Å². The van der Waals surface area contributed by atoms with Gasteiger partial charge in [0.25, 0.3) is 0 Å². The van der Waals surface area contributed by atoms with E-state index in [0.29, 0.717) is 6.04 Å². The van der Waals surface area contributed by atoms with Crippen LogP contribution in [0.3, 0.4) is 0 Å². The normalized spacial score (nSPS) is 19.6. The van der Waals surface area contributed by atoms with Gasteiger partial charge in [0.2, 0.25) is 0 Å². The summed E-state index contributed by atoms with van der Waals surface area (Å²) in [4.78, 5) is 0. The fourth-order valence-electron chi connectivity index (χ4n) is 2.80. The predicted molar refractivity (Wildman–Crippen MR) is 78.2 cm³/mol. The fraction of sp³-hybridized carbons (Fsp3) is 0.400. The van der Waals surface area contributed by atoms with Crippen molar-refractivity contribution in [3.63, 3.8) is 0 Å². The van der Waals surface area contributed by atoms with Crippen molar-refractivity contribution in [2.45, 2.75) is 25.3 Å². The zero-order chi connectivity index (χ0) is 13.2. The van der Waals surface area contributed by atoms with Crippen LogP contribution in [-0.2, 0) is 7.05 Å². The summed E-state index contributed by atoms with van der Waals surface area (Å²) in [7, 11) is 2.02. The van der Waals surface area contributed by atoms with Crippen LogP contribution < -0.4 is 5.32 Å². The molecule has 0 bridgehead atoms. The zero-order valence-electron chi connectivity index (χ0n) is 11.1. The molecule has 3 rings (SSSR count). The van der Waals surface area contributed by atoms with Gasteiger partial charge >= 0.3 is 0 Å². The highest BCUT2D eigenvalue weighted by Crippen LogP contribution is 2.32. The van der Waals surface area contributed by atoms with Crippen molar-refractivity contribution in [3.05, 3.63) is 41.2 Å². The first-order valence-electron chi connectivity index (χ1n) is 6.77. The van der Waals surface area contributed by atoms with E-state index in [1.54, 1.807) is 0 Å². The van der Waals surface area contributed by atoms with E-state index in [1.165, 1.54) is 36.1 Å². The van der Waals surface area contributed by atoms with Crippen molar-refractivity contribution < 1.29 is 0 Å². The second-order valence-corrected chi connectivity index (χ2v) is 5.51. The van der Waals surface area contributed by atoms with E-state index in [2.05, 4.69) is 22.5 Å². The van der Waals surface area contributed by atoms with Gasteiger partial charge in [-0.15, -0.1) is 0 Å². The molecule has 4 heteroatoms. The van der Waals surface area contributed by atoms with Crippen molar-refractivity contribution in [2.24, 2.45) is 7.05 Å². The average Bonchev–Trinajstić information content (AvgIpc) is 2.82. The van der Waals surface area contributed by atoms with Gasteiger partial charge in [-0.05, 0) is 37.1 Å². The average molecular weight is 276 g/mol. The third-order valence-corrected chi connectivity index (χ3v) is 4.03. The minimum absolute atomic E-state index is 0.409. The second kappa shape index (κ2) is 5.35. The number of rotatable bonds is 2. The lowest BCUT2D eigenvalue weighted by Crippen LogP contribution is -2.28. The molecule has 0 amide bonds. The number of aryl methyl sites for hydroxylation is 1. The summed E-state index contributed by atoms with van der Waals surface area (Å²) in [5.41, 5.74) is 3.67. The van der Waals surface area contributed by atoms with Crippen LogP contribution in [0.25, 0.3) is 11.1 Å². The van der Waals surface area contributed by atoms with Crippen molar-refractivity contribution in [2.75, 3.05) is 6.54 Å². The second-order valence-electron chi connectivity index (χ2n) is 5.08. The fourth-order valence-corrected chi connectivity index (χ4v) is 2.92. The van der Waals surface area contributed by atoms with Gasteiger partial charge < -0.3 is 5.32 Å². The van der Waals surface area contributed by atoms with Crippen LogP contribution in [-0.4, -0.2) is 16.3 Å². The van der Waals surface area contributed by atoms with Gasteiger partial charge in [-0.3, -0.25) is 4.68 Å². The number of benzene rings is 1. The minimum atomic E-state index is 0.409. The molecule has 0 saturated carbocycles. The maximum Gasteiger partial charge on any atom is 0.0628 e. The molecular formula is C15H18ClN3. The van der Waals surface area contributed by atoms with Crippen LogP contribution in [0.5, 0.6) is 0 Å². The smallest absolute Gasteiger partial charge is 0.0628 e. The number of hydrogen-bond acceptors (Lipinski definition) is 2. The molecule has 0 aliphatic carbocycles. The zero-order valence-corrected chi connectivity index (χ0v) is 11.8. The molecule has 0 radical (unpaired) electrons. The number of piperidine rings is 1. The van der Waals surface area contributed by atoms with Gasteiger partial charge in [-0.1, -0.05) is 30.2 Å². The van der Waals surface area contributed by atoms with Crippen LogP contribution in [0, 0.1) is 0 Å². The Morgan fingerprint density at radius 2 is 2.05 bits per heavy atom. The lowest BCUT2D eigenvalue weighted by atomic mass is 9.96. The Balaban J connectivity index is 1.99. The summed E-state index contributed by atoms with van der Waals surface area (Å²) < 4.78 is 1.99. The van der Waals surface area contributed by atoms with Gasteiger partial charge in [-0.2, -0.15) is 5.10 Å². The van der Waals surface area contributed by atoms with E-state index in [1.807, 2.05) is 30.1 Å². The highest BCUT2D eigenvalue weighted by Gasteiger charge is 2.22. The molecule has 2 heterocycles. The molecule has 1 N–H and O–H groups in total. The Morgan fingerprint density at radius 3 is 2.74 bits per heavy atom. The Morgan fingerprint density at radius 1 is 1.26 bits per heavy atom. The Labute approximate surface area is 118 Å². The highest BCUT2D eigenvalue weighted by atomic mass is 35.5. The summed E-state index contributed by atoms with van der Waals surface area (Å²) >= 11 is 5.96. The van der Waals surface area contributed by atoms with Crippen LogP contribution in [0.15, 0.2) is 30.5 Å². The SMILES string of the molecule is Cn1ncc(-c2ccc(Cl)cc2)c1C1CCCCN1. The summed E-state index contributed by atoms with van der Waals surface area (Å²) in [6.45, 7) is 1.09. The molecule has 100 valence electrons. The molecule has 0 spiro atoms. The van der Waals surface area contributed by atoms with Crippen molar-refractivity contribution in [1.82, 2.24) is 15.1 Å². The van der Waals surface area contributed by atoms with E-state index >= 15 is 0 Å². The first-order valence-corrected chi connectivity index (χ1v) is 7.15. The van der Waals surface area contributed by atoms with E-state index in [4.69, 9.17) is 11.6 Å². The maximum absolute atomic E-state index is 5.96. The van der Waals surface area contributed by atoms with E-state index in [-0.39, 0.29) is 0 Å². The lowest BCUT2D eigenvalue weighted by Gasteiger charge is -2.25. The molecule has 1 aliphatic heterocycles.